The number of para-hydroxylation sites is 1. The van der Waals surface area contributed by atoms with Gasteiger partial charge in [0, 0.05) is 12.3 Å². The Balaban J connectivity index is 1.67. The molecule has 4 rings (SSSR count). The maximum absolute atomic E-state index is 13.3. The number of carbonyl (C=O) groups is 2. The van der Waals surface area contributed by atoms with E-state index in [2.05, 4.69) is 15.6 Å². The number of carbonyl (C=O) groups excluding carboxylic acids is 2. The fourth-order valence-electron chi connectivity index (χ4n) is 3.74. The standard InChI is InChI=1S/C25H22ClN5O6/c1-36-20-11-21(37-2)18(10-17(20)26)29-23(33)13-30-19-8-4-3-7-16(19)24(34)31(25(30)35)14-22(32)28-15-6-5-9-27-12-15/h3-12H,13-14H2,1-2H3,(H,28,32)(H,29,33). The van der Waals surface area contributed by atoms with Gasteiger partial charge >= 0.3 is 5.69 Å². The molecule has 0 bridgehead atoms. The van der Waals surface area contributed by atoms with Crippen LogP contribution in [0.25, 0.3) is 10.9 Å². The number of nitrogens with zero attached hydrogens (tertiary/aromatic N) is 3. The molecule has 0 radical (unpaired) electrons. The number of hydrogen-bond donors (Lipinski definition) is 2. The first-order chi connectivity index (χ1) is 17.8. The molecule has 37 heavy (non-hydrogen) atoms. The van der Waals surface area contributed by atoms with Crippen molar-refractivity contribution in [1.29, 1.82) is 0 Å². The van der Waals surface area contributed by atoms with Gasteiger partial charge in [0.2, 0.25) is 11.8 Å². The quantitative estimate of drug-likeness (QED) is 0.362. The lowest BCUT2D eigenvalue weighted by atomic mass is 10.2. The second-order valence-corrected chi connectivity index (χ2v) is 8.21. The molecule has 0 aliphatic heterocycles. The number of anilines is 2. The third-order valence-corrected chi connectivity index (χ3v) is 5.72. The molecule has 4 aromatic rings. The van der Waals surface area contributed by atoms with Crippen molar-refractivity contribution in [2.24, 2.45) is 0 Å². The lowest BCUT2D eigenvalue weighted by Gasteiger charge is -2.16. The molecule has 0 unspecified atom stereocenters. The highest BCUT2D eigenvalue weighted by molar-refractivity contribution is 6.32. The van der Waals surface area contributed by atoms with Crippen LogP contribution in [-0.4, -0.2) is 40.2 Å². The van der Waals surface area contributed by atoms with E-state index in [9.17, 15) is 19.2 Å². The maximum atomic E-state index is 13.3. The number of fused-ring (bicyclic) bond motifs is 1. The first kappa shape index (κ1) is 25.5. The number of methoxy groups -OCH3 is 2. The van der Waals surface area contributed by atoms with Crippen molar-refractivity contribution >= 4 is 45.7 Å². The molecule has 2 N–H and O–H groups in total. The Labute approximate surface area is 215 Å². The van der Waals surface area contributed by atoms with E-state index in [1.54, 1.807) is 36.5 Å². The monoisotopic (exact) mass is 523 g/mol. The van der Waals surface area contributed by atoms with Crippen molar-refractivity contribution in [3.05, 3.63) is 86.8 Å². The predicted octanol–water partition coefficient (Wildman–Crippen LogP) is 2.51. The summed E-state index contributed by atoms with van der Waals surface area (Å²) in [5, 5.41) is 5.67. The molecule has 0 saturated carbocycles. The zero-order valence-corrected chi connectivity index (χ0v) is 20.6. The number of hydrogen-bond acceptors (Lipinski definition) is 7. The normalized spacial score (nSPS) is 10.7. The summed E-state index contributed by atoms with van der Waals surface area (Å²) in [5.41, 5.74) is -0.550. The van der Waals surface area contributed by atoms with E-state index in [-0.39, 0.29) is 21.6 Å². The van der Waals surface area contributed by atoms with Crippen molar-refractivity contribution in [2.75, 3.05) is 24.9 Å². The molecule has 2 heterocycles. The van der Waals surface area contributed by atoms with Crippen LogP contribution in [0.4, 0.5) is 11.4 Å². The molecule has 0 fully saturated rings. The summed E-state index contributed by atoms with van der Waals surface area (Å²) in [4.78, 5) is 55.9. The summed E-state index contributed by atoms with van der Waals surface area (Å²) in [5.74, 6) is -0.535. The average molecular weight is 524 g/mol. The molecule has 0 aliphatic carbocycles. The second kappa shape index (κ2) is 11.0. The first-order valence-corrected chi connectivity index (χ1v) is 11.3. The van der Waals surface area contributed by atoms with Crippen molar-refractivity contribution in [3.63, 3.8) is 0 Å². The third-order valence-electron chi connectivity index (χ3n) is 5.43. The molecule has 2 aromatic carbocycles. The van der Waals surface area contributed by atoms with Crippen LogP contribution in [0.2, 0.25) is 5.02 Å². The van der Waals surface area contributed by atoms with E-state index < -0.39 is 36.2 Å². The molecule has 11 nitrogen and oxygen atoms in total. The number of benzene rings is 2. The highest BCUT2D eigenvalue weighted by Crippen LogP contribution is 2.35. The summed E-state index contributed by atoms with van der Waals surface area (Å²) in [7, 11) is 2.87. The maximum Gasteiger partial charge on any atom is 0.332 e. The Morgan fingerprint density at radius 2 is 1.62 bits per heavy atom. The lowest BCUT2D eigenvalue weighted by molar-refractivity contribution is -0.117. The fraction of sp³-hybridized carbons (Fsp3) is 0.160. The number of nitrogens with one attached hydrogen (secondary N) is 2. The summed E-state index contributed by atoms with van der Waals surface area (Å²) >= 11 is 6.18. The van der Waals surface area contributed by atoms with Crippen molar-refractivity contribution in [1.82, 2.24) is 14.1 Å². The number of rotatable bonds is 8. The highest BCUT2D eigenvalue weighted by Gasteiger charge is 2.19. The lowest BCUT2D eigenvalue weighted by Crippen LogP contribution is -2.44. The number of amides is 2. The smallest absolute Gasteiger partial charge is 0.332 e. The van der Waals surface area contributed by atoms with E-state index in [1.165, 1.54) is 38.6 Å². The van der Waals surface area contributed by atoms with Gasteiger partial charge in [-0.1, -0.05) is 23.7 Å². The predicted molar refractivity (Wildman–Crippen MR) is 139 cm³/mol. The minimum atomic E-state index is -0.820. The molecule has 0 saturated heterocycles. The van der Waals surface area contributed by atoms with Gasteiger partial charge in [0.25, 0.3) is 5.56 Å². The van der Waals surface area contributed by atoms with Gasteiger partial charge < -0.3 is 20.1 Å². The highest BCUT2D eigenvalue weighted by atomic mass is 35.5. The van der Waals surface area contributed by atoms with Crippen LogP contribution in [0.15, 0.2) is 70.5 Å². The third kappa shape index (κ3) is 5.46. The molecule has 2 aromatic heterocycles. The largest absolute Gasteiger partial charge is 0.495 e. The first-order valence-electron chi connectivity index (χ1n) is 11.0. The minimum Gasteiger partial charge on any atom is -0.495 e. The molecule has 12 heteroatoms. The Hall–Kier alpha value is -4.64. The molecule has 190 valence electrons. The van der Waals surface area contributed by atoms with Gasteiger partial charge in [-0.05, 0) is 30.3 Å². The summed E-state index contributed by atoms with van der Waals surface area (Å²) in [6.45, 7) is -1.00. The number of halogens is 1. The number of pyridine rings is 1. The van der Waals surface area contributed by atoms with Crippen LogP contribution in [-0.2, 0) is 22.7 Å². The van der Waals surface area contributed by atoms with Crippen molar-refractivity contribution < 1.29 is 19.1 Å². The Morgan fingerprint density at radius 3 is 2.32 bits per heavy atom. The Bertz CT molecular complexity index is 1600. The van der Waals surface area contributed by atoms with Crippen LogP contribution < -0.4 is 31.4 Å². The van der Waals surface area contributed by atoms with Crippen molar-refractivity contribution in [3.8, 4) is 11.5 Å². The molecular formula is C25H22ClN5O6. The van der Waals surface area contributed by atoms with Crippen LogP contribution in [0.5, 0.6) is 11.5 Å². The van der Waals surface area contributed by atoms with Crippen LogP contribution in [0.3, 0.4) is 0 Å². The average Bonchev–Trinajstić information content (AvgIpc) is 2.90. The Kier molecular flexibility index (Phi) is 7.54. The zero-order chi connectivity index (χ0) is 26.5. The minimum absolute atomic E-state index is 0.175. The van der Waals surface area contributed by atoms with Gasteiger partial charge in [0.1, 0.15) is 24.6 Å². The Morgan fingerprint density at radius 1 is 0.919 bits per heavy atom. The molecule has 0 spiro atoms. The van der Waals surface area contributed by atoms with Crippen molar-refractivity contribution in [2.45, 2.75) is 13.1 Å². The van der Waals surface area contributed by atoms with Gasteiger partial charge in [-0.25, -0.2) is 4.79 Å². The van der Waals surface area contributed by atoms with E-state index in [4.69, 9.17) is 21.1 Å². The van der Waals surface area contributed by atoms with E-state index in [0.29, 0.717) is 17.2 Å². The van der Waals surface area contributed by atoms with Gasteiger partial charge in [-0.15, -0.1) is 0 Å². The van der Waals surface area contributed by atoms with Crippen LogP contribution >= 0.6 is 11.6 Å². The molecular weight excluding hydrogens is 502 g/mol. The zero-order valence-electron chi connectivity index (χ0n) is 19.9. The summed E-state index contributed by atoms with van der Waals surface area (Å²) in [6.07, 6.45) is 2.98. The van der Waals surface area contributed by atoms with Gasteiger partial charge in [-0.2, -0.15) is 0 Å². The van der Waals surface area contributed by atoms with Gasteiger partial charge in [0.05, 0.1) is 47.7 Å². The van der Waals surface area contributed by atoms with E-state index in [1.807, 2.05) is 0 Å². The second-order valence-electron chi connectivity index (χ2n) is 7.80. The molecule has 0 aliphatic rings. The fourth-order valence-corrected chi connectivity index (χ4v) is 3.98. The van der Waals surface area contributed by atoms with E-state index in [0.717, 1.165) is 9.13 Å². The topological polar surface area (TPSA) is 134 Å². The SMILES string of the molecule is COc1cc(OC)c(NC(=O)Cn2c(=O)n(CC(=O)Nc3cccnc3)c(=O)c3ccccc32)cc1Cl. The summed E-state index contributed by atoms with van der Waals surface area (Å²) < 4.78 is 12.4. The number of aromatic nitrogens is 3. The molecule has 2 amide bonds. The van der Waals surface area contributed by atoms with E-state index >= 15 is 0 Å². The number of ether oxygens (including phenoxy) is 2. The van der Waals surface area contributed by atoms with Gasteiger partial charge in [0.15, 0.2) is 0 Å². The summed E-state index contributed by atoms with van der Waals surface area (Å²) in [6, 6.07) is 12.6. The van der Waals surface area contributed by atoms with Gasteiger partial charge in [-0.3, -0.25) is 28.5 Å². The van der Waals surface area contributed by atoms with Crippen LogP contribution in [0.1, 0.15) is 0 Å². The van der Waals surface area contributed by atoms with Crippen LogP contribution in [0, 0.1) is 0 Å². The molecule has 0 atom stereocenters.